The molecule has 1 aliphatic carbocycles. The predicted molar refractivity (Wildman–Crippen MR) is 123 cm³/mol. The van der Waals surface area contributed by atoms with E-state index < -0.39 is 6.23 Å². The number of benzene rings is 4. The van der Waals surface area contributed by atoms with Crippen LogP contribution in [0.25, 0.3) is 44.1 Å². The van der Waals surface area contributed by atoms with Gasteiger partial charge in [-0.25, -0.2) is 0 Å². The number of aliphatic hydroxyl groups excluding tert-OH is 1. The van der Waals surface area contributed by atoms with Gasteiger partial charge in [0, 0.05) is 27.3 Å². The smallest absolute Gasteiger partial charge is 0.158 e. The summed E-state index contributed by atoms with van der Waals surface area (Å²) in [6, 6.07) is 28.0. The molecule has 1 N–H and O–H groups in total. The molecule has 0 saturated heterocycles. The lowest BCUT2D eigenvalue weighted by molar-refractivity contribution is 0.155. The number of nitrogens with zero attached hydrogens (tertiary/aromatic N) is 1. The molecule has 0 amide bonds. The Morgan fingerprint density at radius 1 is 0.733 bits per heavy atom. The zero-order valence-electron chi connectivity index (χ0n) is 17.0. The van der Waals surface area contributed by atoms with E-state index >= 15 is 0 Å². The SMILES string of the molecule is CC1(C)c2ccccc2-c2ccc3c(c21)c1cccc2c1n3C(O)c1ccccc1-2. The number of aromatic nitrogens is 1. The van der Waals surface area contributed by atoms with Crippen LogP contribution in [0.4, 0.5) is 0 Å². The van der Waals surface area contributed by atoms with Crippen molar-refractivity contribution in [2.75, 3.05) is 0 Å². The van der Waals surface area contributed by atoms with Crippen LogP contribution in [0.15, 0.2) is 78.9 Å². The zero-order valence-corrected chi connectivity index (χ0v) is 17.0. The molecule has 0 fully saturated rings. The molecule has 1 aliphatic heterocycles. The maximum atomic E-state index is 11.4. The highest BCUT2D eigenvalue weighted by atomic mass is 16.3. The molecule has 4 aromatic carbocycles. The number of rotatable bonds is 0. The van der Waals surface area contributed by atoms with Crippen LogP contribution >= 0.6 is 0 Å². The molecule has 2 aliphatic rings. The van der Waals surface area contributed by atoms with Crippen molar-refractivity contribution in [2.45, 2.75) is 25.5 Å². The summed E-state index contributed by atoms with van der Waals surface area (Å²) in [6.07, 6.45) is -0.680. The van der Waals surface area contributed by atoms with E-state index in [2.05, 4.69) is 85.1 Å². The maximum Gasteiger partial charge on any atom is 0.158 e. The van der Waals surface area contributed by atoms with Crippen molar-refractivity contribution in [3.05, 3.63) is 95.6 Å². The normalized spacial score (nSPS) is 17.8. The molecule has 0 spiro atoms. The van der Waals surface area contributed by atoms with Crippen LogP contribution in [0.3, 0.4) is 0 Å². The Morgan fingerprint density at radius 3 is 2.33 bits per heavy atom. The average Bonchev–Trinajstić information content (AvgIpc) is 3.23. The van der Waals surface area contributed by atoms with Crippen LogP contribution in [0.2, 0.25) is 0 Å². The van der Waals surface area contributed by atoms with E-state index in [0.717, 1.165) is 22.2 Å². The first-order chi connectivity index (χ1) is 14.6. The van der Waals surface area contributed by atoms with Gasteiger partial charge in [0.05, 0.1) is 11.0 Å². The molecule has 7 rings (SSSR count). The van der Waals surface area contributed by atoms with Crippen molar-refractivity contribution in [2.24, 2.45) is 0 Å². The number of aliphatic hydroxyl groups is 1. The molecule has 144 valence electrons. The molecular weight excluding hydrogens is 366 g/mol. The van der Waals surface area contributed by atoms with Crippen molar-refractivity contribution in [3.63, 3.8) is 0 Å². The maximum absolute atomic E-state index is 11.4. The lowest BCUT2D eigenvalue weighted by atomic mass is 9.80. The van der Waals surface area contributed by atoms with Gasteiger partial charge in [-0.05, 0) is 33.9 Å². The number of para-hydroxylation sites is 1. The van der Waals surface area contributed by atoms with Gasteiger partial charge in [-0.1, -0.05) is 86.6 Å². The minimum Gasteiger partial charge on any atom is -0.369 e. The molecule has 2 heterocycles. The third kappa shape index (κ3) is 1.71. The van der Waals surface area contributed by atoms with E-state index in [1.807, 2.05) is 12.1 Å². The molecule has 1 unspecified atom stereocenters. The summed E-state index contributed by atoms with van der Waals surface area (Å²) < 4.78 is 2.14. The van der Waals surface area contributed by atoms with Crippen LogP contribution in [-0.4, -0.2) is 9.67 Å². The van der Waals surface area contributed by atoms with Gasteiger partial charge in [0.2, 0.25) is 0 Å². The van der Waals surface area contributed by atoms with Gasteiger partial charge in [0.1, 0.15) is 0 Å². The monoisotopic (exact) mass is 387 g/mol. The standard InChI is InChI=1S/C28H21NO/c1-28(2)22-13-6-5-9-17(22)18-14-15-23-24(25(18)28)21-12-7-11-19-16-8-3-4-10-20(16)27(30)29(23)26(19)21/h3-15,27,30H,1-2H3. The van der Waals surface area contributed by atoms with Crippen LogP contribution in [0.1, 0.15) is 36.8 Å². The van der Waals surface area contributed by atoms with Gasteiger partial charge >= 0.3 is 0 Å². The largest absolute Gasteiger partial charge is 0.369 e. The Kier molecular flexibility index (Phi) is 2.86. The molecule has 1 atom stereocenters. The highest BCUT2D eigenvalue weighted by Gasteiger charge is 2.39. The molecule has 0 bridgehead atoms. The Bertz CT molecular complexity index is 1540. The first-order valence-electron chi connectivity index (χ1n) is 10.6. The summed E-state index contributed by atoms with van der Waals surface area (Å²) in [5.74, 6) is 0. The van der Waals surface area contributed by atoms with Crippen molar-refractivity contribution in [1.82, 2.24) is 4.57 Å². The van der Waals surface area contributed by atoms with Crippen molar-refractivity contribution < 1.29 is 5.11 Å². The average molecular weight is 387 g/mol. The second-order valence-electron chi connectivity index (χ2n) is 9.09. The lowest BCUT2D eigenvalue weighted by Crippen LogP contribution is -2.16. The second-order valence-corrected chi connectivity index (χ2v) is 9.09. The predicted octanol–water partition coefficient (Wildman–Crippen LogP) is 6.62. The second kappa shape index (κ2) is 5.21. The number of hydrogen-bond donors (Lipinski definition) is 1. The van der Waals surface area contributed by atoms with E-state index in [9.17, 15) is 5.11 Å². The summed E-state index contributed by atoms with van der Waals surface area (Å²) in [5.41, 5.74) is 10.9. The molecule has 5 aromatic rings. The van der Waals surface area contributed by atoms with E-state index in [4.69, 9.17) is 0 Å². The first kappa shape index (κ1) is 16.4. The van der Waals surface area contributed by atoms with Gasteiger partial charge < -0.3 is 9.67 Å². The topological polar surface area (TPSA) is 25.2 Å². The number of hydrogen-bond acceptors (Lipinski definition) is 1. The van der Waals surface area contributed by atoms with E-state index in [-0.39, 0.29) is 5.41 Å². The van der Waals surface area contributed by atoms with Crippen molar-refractivity contribution >= 4 is 21.8 Å². The quantitative estimate of drug-likeness (QED) is 0.317. The summed E-state index contributed by atoms with van der Waals surface area (Å²) in [4.78, 5) is 0. The third-order valence-electron chi connectivity index (χ3n) is 7.28. The van der Waals surface area contributed by atoms with Crippen LogP contribution in [0.5, 0.6) is 0 Å². The number of fused-ring (bicyclic) bond motifs is 9. The van der Waals surface area contributed by atoms with E-state index in [1.165, 1.54) is 38.6 Å². The Hall–Kier alpha value is -3.36. The fraction of sp³-hybridized carbons (Fsp3) is 0.143. The summed E-state index contributed by atoms with van der Waals surface area (Å²) in [7, 11) is 0. The molecule has 0 radical (unpaired) electrons. The highest BCUT2D eigenvalue weighted by Crippen LogP contribution is 2.54. The molecular formula is C28H21NO. The summed E-state index contributed by atoms with van der Waals surface area (Å²) >= 11 is 0. The minimum atomic E-state index is -0.680. The van der Waals surface area contributed by atoms with Crippen molar-refractivity contribution in [1.29, 1.82) is 0 Å². The van der Waals surface area contributed by atoms with Crippen LogP contribution in [0, 0.1) is 0 Å². The molecule has 2 heteroatoms. The first-order valence-corrected chi connectivity index (χ1v) is 10.6. The van der Waals surface area contributed by atoms with E-state index in [1.54, 1.807) is 0 Å². The lowest BCUT2D eigenvalue weighted by Gasteiger charge is -2.25. The highest BCUT2D eigenvalue weighted by molar-refractivity contribution is 6.17. The Morgan fingerprint density at radius 2 is 1.47 bits per heavy atom. The minimum absolute atomic E-state index is 0.0909. The van der Waals surface area contributed by atoms with Crippen LogP contribution < -0.4 is 0 Å². The van der Waals surface area contributed by atoms with Crippen LogP contribution in [-0.2, 0) is 5.41 Å². The molecule has 30 heavy (non-hydrogen) atoms. The Labute approximate surface area is 175 Å². The fourth-order valence-electron chi connectivity index (χ4n) is 6.04. The Balaban J connectivity index is 1.71. The molecule has 0 saturated carbocycles. The van der Waals surface area contributed by atoms with E-state index in [0.29, 0.717) is 0 Å². The summed E-state index contributed by atoms with van der Waals surface area (Å²) in [6.45, 7) is 4.66. The third-order valence-corrected chi connectivity index (χ3v) is 7.28. The van der Waals surface area contributed by atoms with Gasteiger partial charge in [-0.15, -0.1) is 0 Å². The zero-order chi connectivity index (χ0) is 20.2. The van der Waals surface area contributed by atoms with Gasteiger partial charge in [0.15, 0.2) is 6.23 Å². The van der Waals surface area contributed by atoms with Gasteiger partial charge in [-0.3, -0.25) is 0 Å². The summed E-state index contributed by atoms with van der Waals surface area (Å²) in [5, 5.41) is 13.9. The molecule has 1 aromatic heterocycles. The van der Waals surface area contributed by atoms with Gasteiger partial charge in [-0.2, -0.15) is 0 Å². The fourth-order valence-corrected chi connectivity index (χ4v) is 6.04. The molecule has 2 nitrogen and oxygen atoms in total. The van der Waals surface area contributed by atoms with Gasteiger partial charge in [0.25, 0.3) is 0 Å². The van der Waals surface area contributed by atoms with Crippen molar-refractivity contribution in [3.8, 4) is 22.3 Å².